The molecule has 0 bridgehead atoms. The van der Waals surface area contributed by atoms with Gasteiger partial charge in [0.2, 0.25) is 14.9 Å². The summed E-state index contributed by atoms with van der Waals surface area (Å²) in [6, 6.07) is 7.87. The zero-order valence-corrected chi connectivity index (χ0v) is 14.5. The molecule has 0 radical (unpaired) electrons. The summed E-state index contributed by atoms with van der Waals surface area (Å²) in [7, 11) is -3.82. The molecule has 0 aliphatic heterocycles. The molecule has 0 atom stereocenters. The number of benzene rings is 1. The first kappa shape index (κ1) is 17.9. The lowest BCUT2D eigenvalue weighted by Gasteiger charge is -2.19. The molecule has 2 rings (SSSR count). The molecular weight excluding hydrogens is 334 g/mol. The Kier molecular flexibility index (Phi) is 5.23. The predicted molar refractivity (Wildman–Crippen MR) is 84.1 cm³/mol. The number of ether oxygens (including phenoxy) is 1. The fraction of sp³-hybridized carbons (Fsp3) is 0.400. The van der Waals surface area contributed by atoms with Crippen LogP contribution in [0.1, 0.15) is 26.5 Å². The van der Waals surface area contributed by atoms with Crippen molar-refractivity contribution in [2.45, 2.75) is 42.7 Å². The van der Waals surface area contributed by atoms with E-state index in [4.69, 9.17) is 4.74 Å². The second-order valence-electron chi connectivity index (χ2n) is 6.01. The van der Waals surface area contributed by atoms with Crippen LogP contribution in [0.3, 0.4) is 0 Å². The van der Waals surface area contributed by atoms with Gasteiger partial charge in [-0.1, -0.05) is 23.4 Å². The minimum absolute atomic E-state index is 0.0991. The molecule has 0 spiro atoms. The van der Waals surface area contributed by atoms with Crippen LogP contribution >= 0.6 is 0 Å². The number of carbonyl (C=O) groups is 1. The summed E-state index contributed by atoms with van der Waals surface area (Å²) >= 11 is 0. The van der Waals surface area contributed by atoms with Crippen molar-refractivity contribution in [1.82, 2.24) is 15.6 Å². The van der Waals surface area contributed by atoms with E-state index in [1.807, 2.05) is 0 Å². The third-order valence-electron chi connectivity index (χ3n) is 2.86. The number of rotatable bonds is 5. The minimum atomic E-state index is -3.82. The van der Waals surface area contributed by atoms with Gasteiger partial charge in [-0.3, -0.25) is 0 Å². The SMILES string of the molecule is CC(C)(C)OC(=O)NCCc1nonc1S(=O)(=O)c1ccccc1. The molecule has 0 saturated heterocycles. The molecule has 130 valence electrons. The van der Waals surface area contributed by atoms with E-state index in [0.29, 0.717) is 0 Å². The first-order chi connectivity index (χ1) is 11.2. The van der Waals surface area contributed by atoms with Crippen LogP contribution in [0.5, 0.6) is 0 Å². The molecule has 24 heavy (non-hydrogen) atoms. The van der Waals surface area contributed by atoms with E-state index in [0.717, 1.165) is 0 Å². The lowest BCUT2D eigenvalue weighted by atomic mass is 10.2. The van der Waals surface area contributed by atoms with Crippen molar-refractivity contribution < 1.29 is 22.6 Å². The lowest BCUT2D eigenvalue weighted by molar-refractivity contribution is 0.0528. The van der Waals surface area contributed by atoms with Gasteiger partial charge in [-0.05, 0) is 38.1 Å². The standard InChI is InChI=1S/C15H19N3O5S/c1-15(2,3)22-14(19)16-10-9-12-13(18-23-17-12)24(20,21)11-7-5-4-6-8-11/h4-8H,9-10H2,1-3H3,(H,16,19). The molecular formula is C15H19N3O5S. The molecule has 1 heterocycles. The highest BCUT2D eigenvalue weighted by atomic mass is 32.2. The summed E-state index contributed by atoms with van der Waals surface area (Å²) in [6.45, 7) is 5.39. The van der Waals surface area contributed by atoms with Gasteiger partial charge in [-0.25, -0.2) is 17.8 Å². The normalized spacial score (nSPS) is 12.0. The summed E-state index contributed by atoms with van der Waals surface area (Å²) in [5, 5.41) is 9.41. The third-order valence-corrected chi connectivity index (χ3v) is 4.57. The highest BCUT2D eigenvalue weighted by Gasteiger charge is 2.26. The number of hydrogen-bond donors (Lipinski definition) is 1. The summed E-state index contributed by atoms with van der Waals surface area (Å²) < 4.78 is 34.7. The number of carbonyl (C=O) groups excluding carboxylic acids is 1. The molecule has 0 fully saturated rings. The van der Waals surface area contributed by atoms with Crippen molar-refractivity contribution >= 4 is 15.9 Å². The largest absolute Gasteiger partial charge is 0.444 e. The molecule has 0 aliphatic carbocycles. The molecule has 1 N–H and O–H groups in total. The highest BCUT2D eigenvalue weighted by Crippen LogP contribution is 2.21. The molecule has 1 aromatic heterocycles. The van der Waals surface area contributed by atoms with E-state index >= 15 is 0 Å². The first-order valence-corrected chi connectivity index (χ1v) is 8.77. The first-order valence-electron chi connectivity index (χ1n) is 7.28. The molecule has 2 aromatic rings. The number of hydrogen-bond acceptors (Lipinski definition) is 7. The van der Waals surface area contributed by atoms with Crippen LogP contribution in [0.2, 0.25) is 0 Å². The monoisotopic (exact) mass is 353 g/mol. The van der Waals surface area contributed by atoms with Crippen molar-refractivity contribution in [1.29, 1.82) is 0 Å². The van der Waals surface area contributed by atoms with E-state index in [1.165, 1.54) is 12.1 Å². The molecule has 9 heteroatoms. The number of sulfone groups is 1. The Hall–Kier alpha value is -2.42. The maximum atomic E-state index is 12.5. The zero-order chi connectivity index (χ0) is 17.8. The molecule has 8 nitrogen and oxygen atoms in total. The van der Waals surface area contributed by atoms with Gasteiger partial charge in [0.1, 0.15) is 11.3 Å². The third kappa shape index (κ3) is 4.54. The van der Waals surface area contributed by atoms with Crippen LogP contribution < -0.4 is 5.32 Å². The zero-order valence-electron chi connectivity index (χ0n) is 13.6. The summed E-state index contributed by atoms with van der Waals surface area (Å²) in [5.41, 5.74) is -0.462. The van der Waals surface area contributed by atoms with E-state index in [9.17, 15) is 13.2 Å². The van der Waals surface area contributed by atoms with Gasteiger partial charge >= 0.3 is 6.09 Å². The minimum Gasteiger partial charge on any atom is -0.444 e. The van der Waals surface area contributed by atoms with Gasteiger partial charge in [0.15, 0.2) is 0 Å². The van der Waals surface area contributed by atoms with Crippen LogP contribution in [0.25, 0.3) is 0 Å². The smallest absolute Gasteiger partial charge is 0.407 e. The second-order valence-corrected chi connectivity index (χ2v) is 7.88. The second kappa shape index (κ2) is 7.00. The van der Waals surface area contributed by atoms with E-state index in [-0.39, 0.29) is 28.6 Å². The van der Waals surface area contributed by atoms with E-state index in [2.05, 4.69) is 20.3 Å². The quantitative estimate of drug-likeness (QED) is 0.874. The maximum Gasteiger partial charge on any atom is 0.407 e. The van der Waals surface area contributed by atoms with Gasteiger partial charge in [0, 0.05) is 13.0 Å². The summed E-state index contributed by atoms with van der Waals surface area (Å²) in [4.78, 5) is 11.7. The van der Waals surface area contributed by atoms with Crippen LogP contribution in [0.15, 0.2) is 44.9 Å². The number of nitrogens with zero attached hydrogens (tertiary/aromatic N) is 2. The summed E-state index contributed by atoms with van der Waals surface area (Å²) in [5.74, 6) is 0. The van der Waals surface area contributed by atoms with Gasteiger partial charge in [-0.2, -0.15) is 0 Å². The van der Waals surface area contributed by atoms with Gasteiger partial charge in [0.05, 0.1) is 4.90 Å². The Morgan fingerprint density at radius 2 is 1.88 bits per heavy atom. The average Bonchev–Trinajstić information content (AvgIpc) is 2.95. The van der Waals surface area contributed by atoms with Crippen molar-refractivity contribution in [3.05, 3.63) is 36.0 Å². The number of nitrogens with one attached hydrogen (secondary N) is 1. The Bertz CT molecular complexity index is 794. The van der Waals surface area contributed by atoms with Crippen LogP contribution in [0, 0.1) is 0 Å². The predicted octanol–water partition coefficient (Wildman–Crippen LogP) is 1.97. The van der Waals surface area contributed by atoms with E-state index < -0.39 is 21.5 Å². The van der Waals surface area contributed by atoms with Crippen molar-refractivity contribution in [3.8, 4) is 0 Å². The molecule has 0 saturated carbocycles. The Morgan fingerprint density at radius 1 is 1.21 bits per heavy atom. The van der Waals surface area contributed by atoms with Crippen LogP contribution in [0.4, 0.5) is 4.79 Å². The number of aromatic nitrogens is 2. The van der Waals surface area contributed by atoms with Crippen molar-refractivity contribution in [2.24, 2.45) is 0 Å². The lowest BCUT2D eigenvalue weighted by Crippen LogP contribution is -2.33. The Labute approximate surface area is 140 Å². The molecule has 1 amide bonds. The van der Waals surface area contributed by atoms with E-state index in [1.54, 1.807) is 39.0 Å². The maximum absolute atomic E-state index is 12.5. The Balaban J connectivity index is 2.05. The fourth-order valence-electron chi connectivity index (χ4n) is 1.86. The van der Waals surface area contributed by atoms with Gasteiger partial charge in [-0.15, -0.1) is 0 Å². The summed E-state index contributed by atoms with van der Waals surface area (Å²) in [6.07, 6.45) is -0.448. The van der Waals surface area contributed by atoms with Crippen molar-refractivity contribution in [3.63, 3.8) is 0 Å². The molecule has 0 aliphatic rings. The highest BCUT2D eigenvalue weighted by molar-refractivity contribution is 7.91. The van der Waals surface area contributed by atoms with Gasteiger partial charge < -0.3 is 10.1 Å². The van der Waals surface area contributed by atoms with Crippen LogP contribution in [-0.2, 0) is 21.0 Å². The number of alkyl carbamates (subject to hydrolysis) is 1. The topological polar surface area (TPSA) is 111 Å². The van der Waals surface area contributed by atoms with Crippen molar-refractivity contribution in [2.75, 3.05) is 6.54 Å². The van der Waals surface area contributed by atoms with Crippen LogP contribution in [-0.4, -0.2) is 37.0 Å². The van der Waals surface area contributed by atoms with Gasteiger partial charge in [0.25, 0.3) is 0 Å². The average molecular weight is 353 g/mol. The number of amides is 1. The molecule has 1 aromatic carbocycles. The Morgan fingerprint density at radius 3 is 2.50 bits per heavy atom. The fourth-order valence-corrected chi connectivity index (χ4v) is 3.18. The molecule has 0 unspecified atom stereocenters.